The van der Waals surface area contributed by atoms with Crippen molar-refractivity contribution in [3.05, 3.63) is 10.6 Å². The minimum atomic E-state index is -0.476. The first-order chi connectivity index (χ1) is 15.1. The fourth-order valence-electron chi connectivity index (χ4n) is 5.99. The number of nitrogens with one attached hydrogen (secondary N) is 1. The summed E-state index contributed by atoms with van der Waals surface area (Å²) in [5.41, 5.74) is 1.23. The monoisotopic (exact) mass is 464 g/mol. The maximum atomic E-state index is 13.1. The Labute approximate surface area is 198 Å². The Morgan fingerprint density at radius 1 is 1.34 bits per heavy atom. The third kappa shape index (κ3) is 5.15. The first kappa shape index (κ1) is 25.4. The molecule has 0 spiro atoms. The fraction of sp³-hybridized carbons (Fsp3) is 0.840. The van der Waals surface area contributed by atoms with Crippen LogP contribution in [0, 0.1) is 23.2 Å². The summed E-state index contributed by atoms with van der Waals surface area (Å²) < 4.78 is 0. The van der Waals surface area contributed by atoms with Crippen LogP contribution in [0.3, 0.4) is 0 Å². The molecule has 0 aromatic carbocycles. The van der Waals surface area contributed by atoms with Crippen LogP contribution in [0.4, 0.5) is 5.13 Å². The van der Waals surface area contributed by atoms with Gasteiger partial charge < -0.3 is 20.2 Å². The van der Waals surface area contributed by atoms with E-state index in [0.29, 0.717) is 6.54 Å². The summed E-state index contributed by atoms with van der Waals surface area (Å²) in [5, 5.41) is 16.1. The predicted octanol–water partition coefficient (Wildman–Crippen LogP) is 4.06. The van der Waals surface area contributed by atoms with Crippen molar-refractivity contribution >= 4 is 22.4 Å². The van der Waals surface area contributed by atoms with E-state index >= 15 is 0 Å². The van der Waals surface area contributed by atoms with E-state index in [2.05, 4.69) is 31.0 Å². The summed E-state index contributed by atoms with van der Waals surface area (Å²) in [7, 11) is 5.93. The zero-order valence-corrected chi connectivity index (χ0v) is 22.0. The Kier molecular flexibility index (Phi) is 8.26. The van der Waals surface area contributed by atoms with Gasteiger partial charge in [-0.2, -0.15) is 0 Å². The highest BCUT2D eigenvalue weighted by molar-refractivity contribution is 7.15. The predicted molar refractivity (Wildman–Crippen MR) is 133 cm³/mol. The van der Waals surface area contributed by atoms with Crippen LogP contribution in [0.15, 0.2) is 0 Å². The average Bonchev–Trinajstić information content (AvgIpc) is 3.13. The van der Waals surface area contributed by atoms with Crippen LogP contribution < -0.4 is 5.32 Å². The standard InChI is InChI=1S/C25H44N4O2S/c1-8-9-12-26-24-27-21-17(3)20-22(30)18(10-11-25(20,4)15-19(21)32-24)16(2)23(31)29(7)14-13-28(5)6/h16-18,20,22,30H,8-15H2,1-7H3,(H,26,27). The van der Waals surface area contributed by atoms with Crippen molar-refractivity contribution in [1.29, 1.82) is 0 Å². The first-order valence-corrected chi connectivity index (χ1v) is 13.2. The van der Waals surface area contributed by atoms with Crippen molar-refractivity contribution in [2.75, 3.05) is 46.1 Å². The molecular weight excluding hydrogens is 420 g/mol. The molecule has 182 valence electrons. The third-order valence-corrected chi connectivity index (χ3v) is 9.05. The molecule has 0 radical (unpaired) electrons. The molecular formula is C25H44N4O2S. The molecule has 1 heterocycles. The number of amides is 1. The molecule has 2 N–H and O–H groups in total. The van der Waals surface area contributed by atoms with E-state index in [1.165, 1.54) is 17.0 Å². The molecule has 0 aliphatic heterocycles. The number of fused-ring (bicyclic) bond motifs is 2. The number of carbonyl (C=O) groups is 1. The van der Waals surface area contributed by atoms with Gasteiger partial charge in [-0.05, 0) is 57.0 Å². The SMILES string of the molecule is CCCCNc1nc2c(s1)CC1(C)CCC(C(C)C(=O)N(C)CCN(C)C)C(O)C1C2C. The fourth-order valence-corrected chi connectivity index (χ4v) is 7.27. The van der Waals surface area contributed by atoms with Crippen molar-refractivity contribution in [2.45, 2.75) is 71.8 Å². The second-order valence-electron chi connectivity index (χ2n) is 10.8. The normalized spacial score (nSPS) is 30.5. The number of carbonyl (C=O) groups excluding carboxylic acids is 1. The molecule has 32 heavy (non-hydrogen) atoms. The number of hydrogen-bond donors (Lipinski definition) is 2. The maximum Gasteiger partial charge on any atom is 0.225 e. The van der Waals surface area contributed by atoms with Crippen molar-refractivity contribution in [3.8, 4) is 0 Å². The van der Waals surface area contributed by atoms with E-state index < -0.39 is 6.10 Å². The number of anilines is 1. The molecule has 1 amide bonds. The van der Waals surface area contributed by atoms with Gasteiger partial charge in [-0.25, -0.2) is 4.98 Å². The van der Waals surface area contributed by atoms with E-state index in [0.717, 1.165) is 43.9 Å². The number of aliphatic hydroxyl groups excluding tert-OH is 1. The number of aromatic nitrogens is 1. The lowest BCUT2D eigenvalue weighted by atomic mass is 9.53. The Balaban J connectivity index is 1.74. The van der Waals surface area contributed by atoms with E-state index in [4.69, 9.17) is 4.98 Å². The largest absolute Gasteiger partial charge is 0.392 e. The van der Waals surface area contributed by atoms with Gasteiger partial charge in [0.1, 0.15) is 0 Å². The summed E-state index contributed by atoms with van der Waals surface area (Å²) >= 11 is 1.80. The number of rotatable bonds is 9. The van der Waals surface area contributed by atoms with E-state index in [1.807, 2.05) is 33.0 Å². The first-order valence-electron chi connectivity index (χ1n) is 12.4. The molecule has 6 nitrogen and oxygen atoms in total. The summed E-state index contributed by atoms with van der Waals surface area (Å²) in [6.07, 6.45) is 4.79. The molecule has 1 aromatic rings. The van der Waals surface area contributed by atoms with Crippen molar-refractivity contribution in [1.82, 2.24) is 14.8 Å². The summed E-state index contributed by atoms with van der Waals surface area (Å²) in [6, 6.07) is 0. The second kappa shape index (κ2) is 10.4. The third-order valence-electron chi connectivity index (χ3n) is 8.02. The molecule has 1 aromatic heterocycles. The van der Waals surface area contributed by atoms with Crippen molar-refractivity contribution < 1.29 is 9.90 Å². The molecule has 2 aliphatic rings. The van der Waals surface area contributed by atoms with Gasteiger partial charge in [0.25, 0.3) is 0 Å². The Morgan fingerprint density at radius 3 is 2.72 bits per heavy atom. The number of thiazole rings is 1. The summed E-state index contributed by atoms with van der Waals surface area (Å²) in [4.78, 5) is 23.4. The maximum absolute atomic E-state index is 13.1. The van der Waals surface area contributed by atoms with Gasteiger partial charge in [0.15, 0.2) is 5.13 Å². The van der Waals surface area contributed by atoms with Crippen LogP contribution in [0.1, 0.15) is 69.9 Å². The van der Waals surface area contributed by atoms with Crippen LogP contribution in [-0.2, 0) is 11.2 Å². The van der Waals surface area contributed by atoms with Gasteiger partial charge in [0, 0.05) is 43.4 Å². The quantitative estimate of drug-likeness (QED) is 0.539. The van der Waals surface area contributed by atoms with Crippen LogP contribution in [0.2, 0.25) is 0 Å². The molecule has 1 fully saturated rings. The Morgan fingerprint density at radius 2 is 2.06 bits per heavy atom. The van der Waals surface area contributed by atoms with Crippen LogP contribution in [0.5, 0.6) is 0 Å². The number of likely N-dealkylation sites (N-methyl/N-ethyl adjacent to an activating group) is 2. The smallest absolute Gasteiger partial charge is 0.225 e. The van der Waals surface area contributed by atoms with Gasteiger partial charge in [-0.3, -0.25) is 4.79 Å². The average molecular weight is 465 g/mol. The summed E-state index contributed by atoms with van der Waals surface area (Å²) in [5.74, 6) is 0.332. The molecule has 3 rings (SSSR count). The zero-order chi connectivity index (χ0) is 23.6. The molecule has 2 aliphatic carbocycles. The van der Waals surface area contributed by atoms with Crippen LogP contribution in [-0.4, -0.2) is 72.7 Å². The van der Waals surface area contributed by atoms with Crippen molar-refractivity contribution in [2.24, 2.45) is 23.2 Å². The van der Waals surface area contributed by atoms with Gasteiger partial charge in [0.05, 0.1) is 11.8 Å². The van der Waals surface area contributed by atoms with E-state index in [-0.39, 0.29) is 35.0 Å². The van der Waals surface area contributed by atoms with Gasteiger partial charge in [-0.1, -0.05) is 34.1 Å². The highest BCUT2D eigenvalue weighted by Crippen LogP contribution is 2.57. The summed E-state index contributed by atoms with van der Waals surface area (Å²) in [6.45, 7) is 11.3. The molecule has 0 bridgehead atoms. The minimum absolute atomic E-state index is 0.00664. The minimum Gasteiger partial charge on any atom is -0.392 e. The molecule has 1 saturated carbocycles. The van der Waals surface area contributed by atoms with Crippen LogP contribution >= 0.6 is 11.3 Å². The number of nitrogens with zero attached hydrogens (tertiary/aromatic N) is 3. The van der Waals surface area contributed by atoms with Crippen molar-refractivity contribution in [3.63, 3.8) is 0 Å². The van der Waals surface area contributed by atoms with Gasteiger partial charge >= 0.3 is 0 Å². The van der Waals surface area contributed by atoms with E-state index in [1.54, 1.807) is 11.3 Å². The van der Waals surface area contributed by atoms with Gasteiger partial charge in [0.2, 0.25) is 5.91 Å². The lowest BCUT2D eigenvalue weighted by Crippen LogP contribution is -2.53. The number of hydrogen-bond acceptors (Lipinski definition) is 6. The molecule has 6 unspecified atom stereocenters. The highest BCUT2D eigenvalue weighted by Gasteiger charge is 2.54. The lowest BCUT2D eigenvalue weighted by molar-refractivity contribution is -0.143. The van der Waals surface area contributed by atoms with Gasteiger partial charge in [-0.15, -0.1) is 11.3 Å². The van der Waals surface area contributed by atoms with E-state index in [9.17, 15) is 9.90 Å². The molecule has 7 heteroatoms. The second-order valence-corrected chi connectivity index (χ2v) is 11.9. The molecule has 6 atom stereocenters. The zero-order valence-electron chi connectivity index (χ0n) is 21.1. The Hall–Kier alpha value is -1.18. The number of aliphatic hydroxyl groups is 1. The highest BCUT2D eigenvalue weighted by atomic mass is 32.1. The van der Waals surface area contributed by atoms with Crippen LogP contribution in [0.25, 0.3) is 0 Å². The topological polar surface area (TPSA) is 68.7 Å². The number of unbranched alkanes of at least 4 members (excludes halogenated alkanes) is 1. The lowest BCUT2D eigenvalue weighted by Gasteiger charge is -2.53. The Bertz CT molecular complexity index is 782. The molecule has 0 saturated heterocycles.